The monoisotopic (exact) mass is 370 g/mol. The Bertz CT molecular complexity index is 668. The van der Waals surface area contributed by atoms with Crippen LogP contribution in [0, 0.1) is 17.7 Å². The minimum atomic E-state index is -3.62. The highest BCUT2D eigenvalue weighted by Crippen LogP contribution is 2.29. The van der Waals surface area contributed by atoms with Gasteiger partial charge in [0.25, 0.3) is 0 Å². The van der Waals surface area contributed by atoms with Crippen molar-refractivity contribution in [2.75, 3.05) is 6.54 Å². The quantitative estimate of drug-likeness (QED) is 0.775. The summed E-state index contributed by atoms with van der Waals surface area (Å²) in [4.78, 5) is 12.2. The number of hydrogen-bond donors (Lipinski definition) is 2. The van der Waals surface area contributed by atoms with Crippen molar-refractivity contribution in [1.29, 1.82) is 0 Å². The minimum Gasteiger partial charge on any atom is -0.353 e. The van der Waals surface area contributed by atoms with Crippen LogP contribution >= 0.6 is 0 Å². The molecule has 25 heavy (non-hydrogen) atoms. The zero-order valence-corrected chi connectivity index (χ0v) is 15.6. The normalized spacial score (nSPS) is 22.4. The number of carbonyl (C=O) groups excluding carboxylic acids is 1. The molecule has 1 aliphatic carbocycles. The third kappa shape index (κ3) is 5.78. The van der Waals surface area contributed by atoms with Crippen LogP contribution in [0.2, 0.25) is 0 Å². The molecule has 2 rings (SSSR count). The van der Waals surface area contributed by atoms with Crippen molar-refractivity contribution in [2.24, 2.45) is 11.8 Å². The van der Waals surface area contributed by atoms with Crippen LogP contribution in [0.4, 0.5) is 4.39 Å². The number of halogens is 1. The number of sulfonamides is 1. The predicted molar refractivity (Wildman–Crippen MR) is 94.9 cm³/mol. The molecule has 0 aromatic heterocycles. The van der Waals surface area contributed by atoms with Gasteiger partial charge in [0.05, 0.1) is 4.90 Å². The largest absolute Gasteiger partial charge is 0.353 e. The molecule has 7 heteroatoms. The number of nitrogens with one attached hydrogen (secondary N) is 2. The van der Waals surface area contributed by atoms with E-state index in [9.17, 15) is 17.6 Å². The average molecular weight is 370 g/mol. The maximum absolute atomic E-state index is 12.9. The Morgan fingerprint density at radius 3 is 2.36 bits per heavy atom. The smallest absolute Gasteiger partial charge is 0.240 e. The van der Waals surface area contributed by atoms with Crippen LogP contribution in [0.5, 0.6) is 0 Å². The van der Waals surface area contributed by atoms with Crippen LogP contribution in [-0.2, 0) is 14.8 Å². The molecular weight excluding hydrogens is 343 g/mol. The fourth-order valence-electron chi connectivity index (χ4n) is 3.02. The van der Waals surface area contributed by atoms with Gasteiger partial charge in [-0.1, -0.05) is 6.92 Å². The summed E-state index contributed by atoms with van der Waals surface area (Å²) < 4.78 is 39.9. The first-order chi connectivity index (χ1) is 11.8. The van der Waals surface area contributed by atoms with Crippen molar-refractivity contribution >= 4 is 15.9 Å². The van der Waals surface area contributed by atoms with Crippen molar-refractivity contribution in [2.45, 2.75) is 56.9 Å². The Kier molecular flexibility index (Phi) is 6.95. The summed E-state index contributed by atoms with van der Waals surface area (Å²) in [7, 11) is -3.62. The summed E-state index contributed by atoms with van der Waals surface area (Å²) in [5, 5.41) is 3.02. The lowest BCUT2D eigenvalue weighted by Gasteiger charge is -2.28. The topological polar surface area (TPSA) is 75.3 Å². The van der Waals surface area contributed by atoms with Crippen LogP contribution in [0.1, 0.15) is 46.0 Å². The summed E-state index contributed by atoms with van der Waals surface area (Å²) in [6.45, 7) is 4.38. The number of hydrogen-bond acceptors (Lipinski definition) is 3. The summed E-state index contributed by atoms with van der Waals surface area (Å²) in [6, 6.07) is 4.97. The maximum Gasteiger partial charge on any atom is 0.240 e. The van der Waals surface area contributed by atoms with E-state index < -0.39 is 15.8 Å². The number of amides is 1. The van der Waals surface area contributed by atoms with Gasteiger partial charge >= 0.3 is 0 Å². The van der Waals surface area contributed by atoms with Gasteiger partial charge in [0.1, 0.15) is 5.82 Å². The van der Waals surface area contributed by atoms with Crippen LogP contribution in [-0.4, -0.2) is 26.9 Å². The number of carbonyl (C=O) groups is 1. The van der Waals surface area contributed by atoms with Gasteiger partial charge in [0.15, 0.2) is 0 Å². The summed E-state index contributed by atoms with van der Waals surface area (Å²) in [6.07, 6.45) is 4.12. The van der Waals surface area contributed by atoms with E-state index >= 15 is 0 Å². The van der Waals surface area contributed by atoms with Crippen LogP contribution < -0.4 is 10.0 Å². The summed E-state index contributed by atoms with van der Waals surface area (Å²) >= 11 is 0. The number of rotatable bonds is 7. The second kappa shape index (κ2) is 8.76. The minimum absolute atomic E-state index is 0.0268. The molecule has 1 aromatic carbocycles. The van der Waals surface area contributed by atoms with E-state index in [-0.39, 0.29) is 28.7 Å². The standard InChI is InChI=1S/C18H27FN2O3S/c1-3-13(2)21-18(22)15-6-4-14(5-7-15)12-20-25(23,24)17-10-8-16(19)9-11-17/h8-11,13-15,20H,3-7,12H2,1-2H3,(H,21,22)/t13-,14?,15?/m0/s1. The van der Waals surface area contributed by atoms with Gasteiger partial charge < -0.3 is 5.32 Å². The van der Waals surface area contributed by atoms with Crippen molar-refractivity contribution in [3.05, 3.63) is 30.1 Å². The molecule has 0 aliphatic heterocycles. The van der Waals surface area contributed by atoms with E-state index in [1.54, 1.807) is 0 Å². The molecule has 5 nitrogen and oxygen atoms in total. The van der Waals surface area contributed by atoms with Crippen LogP contribution in [0.25, 0.3) is 0 Å². The molecule has 1 aromatic rings. The van der Waals surface area contributed by atoms with E-state index in [2.05, 4.69) is 10.0 Å². The lowest BCUT2D eigenvalue weighted by Crippen LogP contribution is -2.39. The molecule has 0 heterocycles. The lowest BCUT2D eigenvalue weighted by molar-refractivity contribution is -0.126. The van der Waals surface area contributed by atoms with Gasteiger partial charge in [-0.15, -0.1) is 0 Å². The molecule has 0 unspecified atom stereocenters. The van der Waals surface area contributed by atoms with Crippen molar-refractivity contribution in [1.82, 2.24) is 10.0 Å². The van der Waals surface area contributed by atoms with Gasteiger partial charge in [0.2, 0.25) is 15.9 Å². The van der Waals surface area contributed by atoms with Crippen molar-refractivity contribution < 1.29 is 17.6 Å². The molecule has 0 radical (unpaired) electrons. The lowest BCUT2D eigenvalue weighted by atomic mass is 9.81. The molecular formula is C18H27FN2O3S. The Morgan fingerprint density at radius 1 is 1.20 bits per heavy atom. The number of benzene rings is 1. The molecule has 0 bridgehead atoms. The first-order valence-corrected chi connectivity index (χ1v) is 10.4. The Morgan fingerprint density at radius 2 is 1.80 bits per heavy atom. The Hall–Kier alpha value is -1.47. The fourth-order valence-corrected chi connectivity index (χ4v) is 4.13. The molecule has 0 saturated heterocycles. The first-order valence-electron chi connectivity index (χ1n) is 8.87. The molecule has 140 valence electrons. The van der Waals surface area contributed by atoms with E-state index in [1.807, 2.05) is 13.8 Å². The molecule has 1 amide bonds. The van der Waals surface area contributed by atoms with Gasteiger partial charge in [-0.3, -0.25) is 4.79 Å². The van der Waals surface area contributed by atoms with Gasteiger partial charge in [-0.2, -0.15) is 0 Å². The third-order valence-corrected chi connectivity index (χ3v) is 6.34. The van der Waals surface area contributed by atoms with Gasteiger partial charge in [-0.05, 0) is 69.2 Å². The third-order valence-electron chi connectivity index (χ3n) is 4.90. The molecule has 1 fully saturated rings. The predicted octanol–water partition coefficient (Wildman–Crippen LogP) is 2.83. The Balaban J connectivity index is 1.80. The van der Waals surface area contributed by atoms with Crippen molar-refractivity contribution in [3.8, 4) is 0 Å². The maximum atomic E-state index is 12.9. The highest BCUT2D eigenvalue weighted by molar-refractivity contribution is 7.89. The first kappa shape index (κ1) is 19.8. The van der Waals surface area contributed by atoms with Crippen LogP contribution in [0.3, 0.4) is 0 Å². The van der Waals surface area contributed by atoms with Gasteiger partial charge in [-0.25, -0.2) is 17.5 Å². The zero-order valence-electron chi connectivity index (χ0n) is 14.8. The average Bonchev–Trinajstić information content (AvgIpc) is 2.60. The van der Waals surface area contributed by atoms with Gasteiger partial charge in [0, 0.05) is 18.5 Å². The molecule has 1 atom stereocenters. The second-order valence-electron chi connectivity index (χ2n) is 6.84. The summed E-state index contributed by atoms with van der Waals surface area (Å²) in [5.74, 6) is -0.102. The molecule has 1 saturated carbocycles. The molecule has 2 N–H and O–H groups in total. The second-order valence-corrected chi connectivity index (χ2v) is 8.61. The highest BCUT2D eigenvalue weighted by atomic mass is 32.2. The molecule has 1 aliphatic rings. The van der Waals surface area contributed by atoms with E-state index in [4.69, 9.17) is 0 Å². The zero-order chi connectivity index (χ0) is 18.4. The highest BCUT2D eigenvalue weighted by Gasteiger charge is 2.27. The van der Waals surface area contributed by atoms with E-state index in [0.29, 0.717) is 6.54 Å². The summed E-state index contributed by atoms with van der Waals surface area (Å²) in [5.41, 5.74) is 0. The van der Waals surface area contributed by atoms with E-state index in [1.165, 1.54) is 12.1 Å². The Labute approximate surface area is 149 Å². The van der Waals surface area contributed by atoms with E-state index in [0.717, 1.165) is 44.2 Å². The SMILES string of the molecule is CC[C@H](C)NC(=O)C1CCC(CNS(=O)(=O)c2ccc(F)cc2)CC1. The van der Waals surface area contributed by atoms with Crippen LogP contribution in [0.15, 0.2) is 29.2 Å². The molecule has 0 spiro atoms. The fraction of sp³-hybridized carbons (Fsp3) is 0.611. The van der Waals surface area contributed by atoms with Crippen molar-refractivity contribution in [3.63, 3.8) is 0 Å².